The number of carbonyl (C=O) groups is 2. The van der Waals surface area contributed by atoms with Crippen LogP contribution in [0, 0.1) is 20.8 Å². The number of carbonyl (C=O) groups excluding carboxylic acids is 2. The third-order valence-electron chi connectivity index (χ3n) is 4.97. The van der Waals surface area contributed by atoms with Gasteiger partial charge >= 0.3 is 5.97 Å². The number of ketones is 1. The number of aryl methyl sites for hydroxylation is 2. The molecule has 0 atom stereocenters. The zero-order valence-corrected chi connectivity index (χ0v) is 16.5. The Morgan fingerprint density at radius 1 is 0.966 bits per heavy atom. The van der Waals surface area contributed by atoms with E-state index in [1.807, 2.05) is 55.7 Å². The van der Waals surface area contributed by atoms with Crippen LogP contribution in [-0.4, -0.2) is 29.7 Å². The van der Waals surface area contributed by atoms with Crippen LogP contribution in [0.5, 0.6) is 11.5 Å². The van der Waals surface area contributed by atoms with Gasteiger partial charge in [0.2, 0.25) is 12.6 Å². The number of fused-ring (bicyclic) bond motifs is 1. The van der Waals surface area contributed by atoms with Crippen molar-refractivity contribution < 1.29 is 23.8 Å². The Bertz CT molecular complexity index is 1100. The number of nitrogens with zero attached hydrogens (tertiary/aromatic N) is 1. The predicted octanol–water partition coefficient (Wildman–Crippen LogP) is 4.17. The Balaban J connectivity index is 1.48. The van der Waals surface area contributed by atoms with Crippen molar-refractivity contribution in [3.63, 3.8) is 0 Å². The third-order valence-corrected chi connectivity index (χ3v) is 4.97. The lowest BCUT2D eigenvalue weighted by Crippen LogP contribution is -2.15. The molecule has 6 nitrogen and oxygen atoms in total. The fourth-order valence-corrected chi connectivity index (χ4v) is 3.45. The van der Waals surface area contributed by atoms with Gasteiger partial charge in [-0.05, 0) is 57.2 Å². The summed E-state index contributed by atoms with van der Waals surface area (Å²) in [5.74, 6) is 0.253. The maximum Gasteiger partial charge on any atom is 0.338 e. The molecule has 3 aromatic rings. The van der Waals surface area contributed by atoms with Crippen molar-refractivity contribution in [2.75, 3.05) is 13.4 Å². The summed E-state index contributed by atoms with van der Waals surface area (Å²) in [5.41, 5.74) is 4.77. The van der Waals surface area contributed by atoms with E-state index in [2.05, 4.69) is 0 Å². The lowest BCUT2D eigenvalue weighted by atomic mass is 10.1. The first kappa shape index (κ1) is 18.8. The maximum atomic E-state index is 12.7. The highest BCUT2D eigenvalue weighted by atomic mass is 16.7. The molecule has 0 N–H and O–H groups in total. The Morgan fingerprint density at radius 2 is 1.69 bits per heavy atom. The molecule has 0 bridgehead atoms. The molecule has 1 aliphatic rings. The van der Waals surface area contributed by atoms with Crippen LogP contribution >= 0.6 is 0 Å². The fourth-order valence-electron chi connectivity index (χ4n) is 3.45. The highest BCUT2D eigenvalue weighted by molar-refractivity contribution is 6.00. The minimum atomic E-state index is -0.580. The molecule has 4 rings (SSSR count). The Kier molecular flexibility index (Phi) is 4.84. The first-order valence-electron chi connectivity index (χ1n) is 9.30. The molecular formula is C23H21NO5. The van der Waals surface area contributed by atoms with E-state index in [9.17, 15) is 9.59 Å². The van der Waals surface area contributed by atoms with Crippen LogP contribution in [0.2, 0.25) is 0 Å². The van der Waals surface area contributed by atoms with E-state index in [1.54, 1.807) is 18.2 Å². The van der Waals surface area contributed by atoms with Crippen molar-refractivity contribution in [2.24, 2.45) is 0 Å². The van der Waals surface area contributed by atoms with Gasteiger partial charge in [0.1, 0.15) is 0 Å². The minimum absolute atomic E-state index is 0.128. The monoisotopic (exact) mass is 391 g/mol. The van der Waals surface area contributed by atoms with Gasteiger partial charge in [0.25, 0.3) is 0 Å². The standard InChI is InChI=1S/C23H21NO5/c1-14-4-7-18(8-5-14)24-15(2)10-19(16(24)3)20(25)12-27-23(26)17-6-9-21-22(11-17)29-13-28-21/h4-11H,12-13H2,1-3H3. The molecule has 0 fully saturated rings. The number of hydrogen-bond donors (Lipinski definition) is 0. The van der Waals surface area contributed by atoms with E-state index in [1.165, 1.54) is 5.56 Å². The molecule has 2 aromatic carbocycles. The predicted molar refractivity (Wildman–Crippen MR) is 107 cm³/mol. The number of ether oxygens (including phenoxy) is 3. The van der Waals surface area contributed by atoms with Gasteiger partial charge in [0, 0.05) is 22.6 Å². The SMILES string of the molecule is Cc1ccc(-n2c(C)cc(C(=O)COC(=O)c3ccc4c(c3)OCO4)c2C)cc1. The molecular weight excluding hydrogens is 370 g/mol. The Hall–Kier alpha value is -3.54. The third kappa shape index (κ3) is 3.61. The maximum absolute atomic E-state index is 12.7. The van der Waals surface area contributed by atoms with E-state index in [-0.39, 0.29) is 19.2 Å². The van der Waals surface area contributed by atoms with Crippen LogP contribution in [0.15, 0.2) is 48.5 Å². The molecule has 2 heterocycles. The highest BCUT2D eigenvalue weighted by Gasteiger charge is 2.20. The molecule has 0 spiro atoms. The number of benzene rings is 2. The molecule has 0 amide bonds. The summed E-state index contributed by atoms with van der Waals surface area (Å²) < 4.78 is 17.7. The molecule has 29 heavy (non-hydrogen) atoms. The number of Topliss-reactive ketones (excluding diaryl/α,β-unsaturated/α-hetero) is 1. The van der Waals surface area contributed by atoms with Gasteiger partial charge in [0.15, 0.2) is 18.1 Å². The molecule has 0 radical (unpaired) electrons. The first-order chi connectivity index (χ1) is 13.9. The van der Waals surface area contributed by atoms with E-state index in [4.69, 9.17) is 14.2 Å². The van der Waals surface area contributed by atoms with Gasteiger partial charge in [0.05, 0.1) is 5.56 Å². The second kappa shape index (κ2) is 7.47. The van der Waals surface area contributed by atoms with Gasteiger partial charge in [-0.15, -0.1) is 0 Å². The second-order valence-electron chi connectivity index (χ2n) is 7.02. The van der Waals surface area contributed by atoms with E-state index >= 15 is 0 Å². The van der Waals surface area contributed by atoms with Crippen molar-refractivity contribution in [3.05, 3.63) is 76.6 Å². The molecule has 0 unspecified atom stereocenters. The second-order valence-corrected chi connectivity index (χ2v) is 7.02. The zero-order chi connectivity index (χ0) is 20.5. The summed E-state index contributed by atoms with van der Waals surface area (Å²) >= 11 is 0. The summed E-state index contributed by atoms with van der Waals surface area (Å²) in [5, 5.41) is 0. The molecule has 0 saturated carbocycles. The average molecular weight is 391 g/mol. The largest absolute Gasteiger partial charge is 0.454 e. The van der Waals surface area contributed by atoms with Gasteiger partial charge in [-0.1, -0.05) is 17.7 Å². The van der Waals surface area contributed by atoms with Crippen LogP contribution < -0.4 is 9.47 Å². The summed E-state index contributed by atoms with van der Waals surface area (Å²) in [6.07, 6.45) is 0. The van der Waals surface area contributed by atoms with Gasteiger partial charge in [-0.3, -0.25) is 4.79 Å². The molecule has 1 aromatic heterocycles. The summed E-state index contributed by atoms with van der Waals surface area (Å²) in [4.78, 5) is 25.0. The molecule has 0 saturated heterocycles. The van der Waals surface area contributed by atoms with Crippen molar-refractivity contribution in [2.45, 2.75) is 20.8 Å². The van der Waals surface area contributed by atoms with Crippen LogP contribution in [0.25, 0.3) is 5.69 Å². The average Bonchev–Trinajstić information content (AvgIpc) is 3.30. The summed E-state index contributed by atoms with van der Waals surface area (Å²) in [6, 6.07) is 14.7. The van der Waals surface area contributed by atoms with E-state index in [0.29, 0.717) is 22.6 Å². The van der Waals surface area contributed by atoms with Crippen molar-refractivity contribution >= 4 is 11.8 Å². The smallest absolute Gasteiger partial charge is 0.338 e. The first-order valence-corrected chi connectivity index (χ1v) is 9.30. The van der Waals surface area contributed by atoms with Crippen LogP contribution in [-0.2, 0) is 4.74 Å². The van der Waals surface area contributed by atoms with Crippen LogP contribution in [0.1, 0.15) is 37.7 Å². The minimum Gasteiger partial charge on any atom is -0.454 e. The summed E-state index contributed by atoms with van der Waals surface area (Å²) in [7, 11) is 0. The van der Waals surface area contributed by atoms with Crippen LogP contribution in [0.4, 0.5) is 0 Å². The molecule has 1 aliphatic heterocycles. The Labute approximate surface area is 168 Å². The Morgan fingerprint density at radius 3 is 2.45 bits per heavy atom. The molecule has 0 aliphatic carbocycles. The van der Waals surface area contributed by atoms with Crippen molar-refractivity contribution in [3.8, 4) is 17.2 Å². The number of esters is 1. The van der Waals surface area contributed by atoms with Crippen molar-refractivity contribution in [1.29, 1.82) is 0 Å². The van der Waals surface area contributed by atoms with Crippen LogP contribution in [0.3, 0.4) is 0 Å². The lowest BCUT2D eigenvalue weighted by molar-refractivity contribution is 0.0474. The number of rotatable bonds is 5. The lowest BCUT2D eigenvalue weighted by Gasteiger charge is -2.10. The quantitative estimate of drug-likeness (QED) is 0.482. The van der Waals surface area contributed by atoms with Gasteiger partial charge in [-0.2, -0.15) is 0 Å². The number of hydrogen-bond acceptors (Lipinski definition) is 5. The van der Waals surface area contributed by atoms with Crippen molar-refractivity contribution in [1.82, 2.24) is 4.57 Å². The zero-order valence-electron chi connectivity index (χ0n) is 16.5. The molecule has 148 valence electrons. The topological polar surface area (TPSA) is 66.8 Å². The summed E-state index contributed by atoms with van der Waals surface area (Å²) in [6.45, 7) is 5.67. The van der Waals surface area contributed by atoms with Gasteiger partial charge < -0.3 is 18.8 Å². The fraction of sp³-hybridized carbons (Fsp3) is 0.217. The van der Waals surface area contributed by atoms with E-state index in [0.717, 1.165) is 17.1 Å². The van der Waals surface area contributed by atoms with E-state index < -0.39 is 5.97 Å². The highest BCUT2D eigenvalue weighted by Crippen LogP contribution is 2.32. The number of aromatic nitrogens is 1. The van der Waals surface area contributed by atoms with Gasteiger partial charge in [-0.25, -0.2) is 4.79 Å². The molecule has 6 heteroatoms. The normalized spacial score (nSPS) is 12.1.